The highest BCUT2D eigenvalue weighted by atomic mass is 16.6. The summed E-state index contributed by atoms with van der Waals surface area (Å²) in [5.41, 5.74) is 3.57. The minimum atomic E-state index is 0.533. The third kappa shape index (κ3) is 13.6. The van der Waals surface area contributed by atoms with E-state index >= 15 is 0 Å². The molecule has 29 heavy (non-hydrogen) atoms. The van der Waals surface area contributed by atoms with E-state index < -0.39 is 0 Å². The summed E-state index contributed by atoms with van der Waals surface area (Å²) in [4.78, 5) is 0. The molecule has 0 aromatic heterocycles. The molecule has 0 aliphatic carbocycles. The minimum Gasteiger partial charge on any atom is -0.491 e. The molecule has 1 aromatic rings. The molecule has 0 atom stereocenters. The first kappa shape index (κ1) is 25.8. The Kier molecular flexibility index (Phi) is 15.7. The van der Waals surface area contributed by atoms with Crippen LogP contribution in [0.25, 0.3) is 0 Å². The highest BCUT2D eigenvalue weighted by Gasteiger charge is 2.04. The Balaban J connectivity index is 1.82. The Morgan fingerprint density at radius 1 is 0.517 bits per heavy atom. The molecule has 0 radical (unpaired) electrons. The minimum absolute atomic E-state index is 0.533. The van der Waals surface area contributed by atoms with Crippen molar-refractivity contribution in [3.8, 4) is 5.75 Å². The van der Waals surface area contributed by atoms with Gasteiger partial charge in [0.1, 0.15) is 12.4 Å². The number of ether oxygens (including phenoxy) is 7. The van der Waals surface area contributed by atoms with Crippen LogP contribution in [-0.4, -0.2) is 86.4 Å². The second kappa shape index (κ2) is 17.6. The molecule has 0 spiro atoms. The van der Waals surface area contributed by atoms with Gasteiger partial charge in [0.2, 0.25) is 0 Å². The molecule has 0 aliphatic heterocycles. The first-order valence-electron chi connectivity index (χ1n) is 10.2. The lowest BCUT2D eigenvalue weighted by atomic mass is 10.1. The van der Waals surface area contributed by atoms with E-state index in [-0.39, 0.29) is 0 Å². The Morgan fingerprint density at radius 2 is 0.862 bits per heavy atom. The largest absolute Gasteiger partial charge is 0.491 e. The predicted molar refractivity (Wildman–Crippen MR) is 112 cm³/mol. The highest BCUT2D eigenvalue weighted by Crippen LogP contribution is 2.24. The number of methoxy groups -OCH3 is 1. The fourth-order valence-corrected chi connectivity index (χ4v) is 2.72. The van der Waals surface area contributed by atoms with Crippen molar-refractivity contribution < 1.29 is 33.2 Å². The molecule has 0 heterocycles. The lowest BCUT2D eigenvalue weighted by Crippen LogP contribution is -2.15. The average Bonchev–Trinajstić information content (AvgIpc) is 2.68. The van der Waals surface area contributed by atoms with Gasteiger partial charge in [0.05, 0.1) is 72.7 Å². The van der Waals surface area contributed by atoms with Gasteiger partial charge in [0, 0.05) is 7.11 Å². The van der Waals surface area contributed by atoms with Crippen molar-refractivity contribution in [1.29, 1.82) is 0 Å². The SMILES string of the molecule is COCCOCCOCCOCCOCCOCCOc1c(C)cc(C)cc1C. The number of benzene rings is 1. The second-order valence-electron chi connectivity index (χ2n) is 6.63. The molecule has 0 bridgehead atoms. The maximum absolute atomic E-state index is 5.84. The van der Waals surface area contributed by atoms with Crippen LogP contribution in [0.5, 0.6) is 5.75 Å². The topological polar surface area (TPSA) is 64.6 Å². The summed E-state index contributed by atoms with van der Waals surface area (Å²) in [7, 11) is 1.65. The van der Waals surface area contributed by atoms with Crippen molar-refractivity contribution in [2.75, 3.05) is 86.4 Å². The van der Waals surface area contributed by atoms with Gasteiger partial charge in [-0.2, -0.15) is 0 Å². The van der Waals surface area contributed by atoms with E-state index in [0.29, 0.717) is 79.3 Å². The van der Waals surface area contributed by atoms with Crippen molar-refractivity contribution in [3.63, 3.8) is 0 Å². The van der Waals surface area contributed by atoms with Crippen LogP contribution in [0.15, 0.2) is 12.1 Å². The molecule has 168 valence electrons. The van der Waals surface area contributed by atoms with Crippen LogP contribution < -0.4 is 4.74 Å². The van der Waals surface area contributed by atoms with Crippen LogP contribution >= 0.6 is 0 Å². The van der Waals surface area contributed by atoms with Gasteiger partial charge in [-0.15, -0.1) is 0 Å². The van der Waals surface area contributed by atoms with Crippen LogP contribution in [0.1, 0.15) is 16.7 Å². The van der Waals surface area contributed by atoms with E-state index in [9.17, 15) is 0 Å². The van der Waals surface area contributed by atoms with E-state index in [0.717, 1.165) is 16.9 Å². The summed E-state index contributed by atoms with van der Waals surface area (Å²) in [5, 5.41) is 0. The lowest BCUT2D eigenvalue weighted by molar-refractivity contribution is -0.0159. The van der Waals surface area contributed by atoms with Crippen LogP contribution in [0.3, 0.4) is 0 Å². The smallest absolute Gasteiger partial charge is 0.125 e. The first-order chi connectivity index (χ1) is 14.1. The summed E-state index contributed by atoms with van der Waals surface area (Å²) in [6.45, 7) is 12.9. The fourth-order valence-electron chi connectivity index (χ4n) is 2.72. The molecule has 0 saturated carbocycles. The van der Waals surface area contributed by atoms with Gasteiger partial charge in [-0.05, 0) is 31.9 Å². The Bertz CT molecular complexity index is 499. The third-order valence-corrected chi connectivity index (χ3v) is 4.00. The van der Waals surface area contributed by atoms with Crippen molar-refractivity contribution >= 4 is 0 Å². The third-order valence-electron chi connectivity index (χ3n) is 4.00. The Morgan fingerprint density at radius 3 is 1.24 bits per heavy atom. The van der Waals surface area contributed by atoms with E-state index in [1.165, 1.54) is 5.56 Å². The van der Waals surface area contributed by atoms with Gasteiger partial charge in [-0.3, -0.25) is 0 Å². The molecule has 0 unspecified atom stereocenters. The van der Waals surface area contributed by atoms with Crippen LogP contribution in [-0.2, 0) is 28.4 Å². The molecular weight excluding hydrogens is 376 g/mol. The van der Waals surface area contributed by atoms with Crippen LogP contribution in [0, 0.1) is 20.8 Å². The monoisotopic (exact) mass is 414 g/mol. The van der Waals surface area contributed by atoms with E-state index in [4.69, 9.17) is 33.2 Å². The molecule has 1 rings (SSSR count). The standard InChI is InChI=1S/C22H38O7/c1-19-17-20(2)22(21(3)18-19)29-16-15-28-14-13-27-12-11-26-10-9-25-8-7-24-6-5-23-4/h17-18H,5-16H2,1-4H3. The molecule has 7 nitrogen and oxygen atoms in total. The number of rotatable bonds is 19. The highest BCUT2D eigenvalue weighted by molar-refractivity contribution is 5.42. The summed E-state index contributed by atoms with van der Waals surface area (Å²) in [5.74, 6) is 0.954. The fraction of sp³-hybridized carbons (Fsp3) is 0.727. The van der Waals surface area contributed by atoms with Gasteiger partial charge in [0.15, 0.2) is 0 Å². The van der Waals surface area contributed by atoms with Crippen molar-refractivity contribution in [1.82, 2.24) is 0 Å². The predicted octanol–water partition coefficient (Wildman–Crippen LogP) is 2.72. The molecule has 0 amide bonds. The first-order valence-corrected chi connectivity index (χ1v) is 10.2. The Hall–Kier alpha value is -1.22. The molecule has 0 aliphatic rings. The van der Waals surface area contributed by atoms with E-state index in [1.807, 2.05) is 0 Å². The van der Waals surface area contributed by atoms with E-state index in [2.05, 4.69) is 32.9 Å². The van der Waals surface area contributed by atoms with Crippen LogP contribution in [0.2, 0.25) is 0 Å². The summed E-state index contributed by atoms with van der Waals surface area (Å²) >= 11 is 0. The average molecular weight is 415 g/mol. The molecule has 0 fully saturated rings. The molecule has 0 N–H and O–H groups in total. The Labute approximate surface area is 175 Å². The zero-order valence-electron chi connectivity index (χ0n) is 18.5. The maximum atomic E-state index is 5.84. The number of hydrogen-bond acceptors (Lipinski definition) is 7. The summed E-state index contributed by atoms with van der Waals surface area (Å²) in [6.07, 6.45) is 0. The van der Waals surface area contributed by atoms with Gasteiger partial charge in [0.25, 0.3) is 0 Å². The molecule has 1 aromatic carbocycles. The number of hydrogen-bond donors (Lipinski definition) is 0. The zero-order valence-corrected chi connectivity index (χ0v) is 18.5. The summed E-state index contributed by atoms with van der Waals surface area (Å²) in [6, 6.07) is 4.26. The number of aryl methyl sites for hydroxylation is 3. The lowest BCUT2D eigenvalue weighted by Gasteiger charge is -2.13. The summed E-state index contributed by atoms with van der Waals surface area (Å²) < 4.78 is 37.8. The second-order valence-corrected chi connectivity index (χ2v) is 6.63. The van der Waals surface area contributed by atoms with Gasteiger partial charge >= 0.3 is 0 Å². The van der Waals surface area contributed by atoms with Gasteiger partial charge in [-0.25, -0.2) is 0 Å². The van der Waals surface area contributed by atoms with Crippen molar-refractivity contribution in [3.05, 3.63) is 28.8 Å². The zero-order chi connectivity index (χ0) is 21.2. The molecule has 0 saturated heterocycles. The van der Waals surface area contributed by atoms with E-state index in [1.54, 1.807) is 7.11 Å². The van der Waals surface area contributed by atoms with Crippen LogP contribution in [0.4, 0.5) is 0 Å². The van der Waals surface area contributed by atoms with Crippen molar-refractivity contribution in [2.45, 2.75) is 20.8 Å². The maximum Gasteiger partial charge on any atom is 0.125 e. The molecule has 7 heteroatoms. The quantitative estimate of drug-likeness (QED) is 0.323. The van der Waals surface area contributed by atoms with Gasteiger partial charge in [-0.1, -0.05) is 17.7 Å². The van der Waals surface area contributed by atoms with Gasteiger partial charge < -0.3 is 33.2 Å². The van der Waals surface area contributed by atoms with Crippen molar-refractivity contribution in [2.24, 2.45) is 0 Å². The normalized spacial score (nSPS) is 11.2. The molecular formula is C22H38O7.